The molecular weight excluding hydrogens is 844 g/mol. The Morgan fingerprint density at radius 2 is 0.891 bits per heavy atom. The molecule has 5 N–H and O–H groups in total. The highest BCUT2D eigenvalue weighted by Crippen LogP contribution is 2.41. The molecule has 10 heteroatoms. The molecule has 0 fully saturated rings. The second-order valence-corrected chi connectivity index (χ2v) is 15.5. The van der Waals surface area contributed by atoms with Crippen LogP contribution in [0.25, 0.3) is 44.5 Å². The van der Waals surface area contributed by atoms with Crippen LogP contribution in [-0.4, -0.2) is 23.7 Å². The third-order valence-electron chi connectivity index (χ3n) is 10.1. The zero-order valence-corrected chi connectivity index (χ0v) is 36.4. The summed E-state index contributed by atoms with van der Waals surface area (Å²) >= 11 is 12.7. The Kier molecular flexibility index (Phi) is 14.6. The van der Waals surface area contributed by atoms with Crippen LogP contribution in [-0.2, 0) is 18.0 Å². The Bertz CT molecular complexity index is 2910. The van der Waals surface area contributed by atoms with Gasteiger partial charge >= 0.3 is 11.9 Å². The third-order valence-corrected chi connectivity index (χ3v) is 10.6. The van der Waals surface area contributed by atoms with Crippen molar-refractivity contribution in [2.45, 2.75) is 20.1 Å². The standard InChI is InChI=1S/C28H24ClNO3.C26H20ClNO3/c1-2-32-28(31)21-14-20(15-23(30)16-21)24-10-6-7-11-25(24)26-17-22(29)12-13-27(26)33-18-19-8-4-3-5-9-19;27-20-10-11-25(31-16-17-6-2-1-3-7-17)24(15-20)23-9-5-4-8-22(23)18-12-19(26(29)30)14-21(28)13-18/h3-17H,2,18,30H2,1H3;1-15H,16,28H2,(H,29,30). The van der Waals surface area contributed by atoms with E-state index in [9.17, 15) is 14.7 Å². The molecule has 0 bridgehead atoms. The molecule has 0 radical (unpaired) electrons. The second kappa shape index (κ2) is 21.0. The first-order valence-electron chi connectivity index (χ1n) is 20.4. The number of benzene rings is 8. The van der Waals surface area contributed by atoms with Gasteiger partial charge in [-0.1, -0.05) is 132 Å². The van der Waals surface area contributed by atoms with Crippen molar-refractivity contribution in [2.75, 3.05) is 18.1 Å². The highest BCUT2D eigenvalue weighted by atomic mass is 35.5. The number of esters is 1. The predicted octanol–water partition coefficient (Wildman–Crippen LogP) is 13.5. The van der Waals surface area contributed by atoms with E-state index in [1.807, 2.05) is 146 Å². The van der Waals surface area contributed by atoms with Crippen molar-refractivity contribution in [3.63, 3.8) is 0 Å². The SMILES string of the molecule is CCOC(=O)c1cc(N)cc(-c2ccccc2-c2cc(Cl)ccc2OCc2ccccc2)c1.Nc1cc(C(=O)O)cc(-c2ccccc2-c2cc(Cl)ccc2OCc2ccccc2)c1. The minimum absolute atomic E-state index is 0.136. The van der Waals surface area contributed by atoms with E-state index in [2.05, 4.69) is 0 Å². The van der Waals surface area contributed by atoms with Gasteiger partial charge in [-0.2, -0.15) is 0 Å². The Morgan fingerprint density at radius 1 is 0.484 bits per heavy atom. The van der Waals surface area contributed by atoms with Crippen LogP contribution in [0.2, 0.25) is 10.0 Å². The fourth-order valence-corrected chi connectivity index (χ4v) is 7.50. The van der Waals surface area contributed by atoms with E-state index >= 15 is 0 Å². The number of ether oxygens (including phenoxy) is 3. The molecule has 8 rings (SSSR count). The fourth-order valence-electron chi connectivity index (χ4n) is 7.16. The Labute approximate surface area is 382 Å². The number of anilines is 2. The molecule has 320 valence electrons. The van der Waals surface area contributed by atoms with Crippen LogP contribution in [0.5, 0.6) is 11.5 Å². The maximum atomic E-state index is 12.3. The number of nitrogens with two attached hydrogens (primary N) is 2. The van der Waals surface area contributed by atoms with Crippen LogP contribution in [0.4, 0.5) is 11.4 Å². The number of hydrogen-bond acceptors (Lipinski definition) is 7. The van der Waals surface area contributed by atoms with E-state index in [0.29, 0.717) is 63.9 Å². The van der Waals surface area contributed by atoms with Crippen molar-refractivity contribution in [1.82, 2.24) is 0 Å². The van der Waals surface area contributed by atoms with Gasteiger partial charge in [0.1, 0.15) is 24.7 Å². The molecule has 0 atom stereocenters. The zero-order valence-electron chi connectivity index (χ0n) is 34.8. The summed E-state index contributed by atoms with van der Waals surface area (Å²) < 4.78 is 17.5. The van der Waals surface area contributed by atoms with Crippen molar-refractivity contribution in [3.8, 4) is 56.0 Å². The number of hydrogen-bond donors (Lipinski definition) is 3. The van der Waals surface area contributed by atoms with Gasteiger partial charge in [-0.25, -0.2) is 9.59 Å². The van der Waals surface area contributed by atoms with E-state index in [1.165, 1.54) is 6.07 Å². The molecule has 0 aliphatic carbocycles. The number of halogens is 2. The fraction of sp³-hybridized carbons (Fsp3) is 0.0741. The molecule has 0 saturated heterocycles. The first kappa shape index (κ1) is 44.5. The number of carbonyl (C=O) groups excluding carboxylic acids is 1. The maximum absolute atomic E-state index is 12.3. The van der Waals surface area contributed by atoms with Gasteiger partial charge in [-0.05, 0) is 124 Å². The van der Waals surface area contributed by atoms with Crippen LogP contribution in [0.3, 0.4) is 0 Å². The zero-order chi connectivity index (χ0) is 45.0. The van der Waals surface area contributed by atoms with E-state index in [4.69, 9.17) is 48.9 Å². The van der Waals surface area contributed by atoms with Crippen molar-refractivity contribution in [1.29, 1.82) is 0 Å². The number of rotatable bonds is 13. The monoisotopic (exact) mass is 886 g/mol. The molecule has 8 aromatic carbocycles. The van der Waals surface area contributed by atoms with Gasteiger partial charge in [0.15, 0.2) is 0 Å². The van der Waals surface area contributed by atoms with E-state index in [-0.39, 0.29) is 5.56 Å². The summed E-state index contributed by atoms with van der Waals surface area (Å²) in [5, 5.41) is 10.6. The lowest BCUT2D eigenvalue weighted by Crippen LogP contribution is -2.05. The van der Waals surface area contributed by atoms with Crippen molar-refractivity contribution < 1.29 is 28.9 Å². The van der Waals surface area contributed by atoms with Gasteiger partial charge in [0.25, 0.3) is 0 Å². The van der Waals surface area contributed by atoms with Gasteiger partial charge in [-0.3, -0.25) is 0 Å². The third kappa shape index (κ3) is 11.3. The Balaban J connectivity index is 0.000000192. The molecule has 8 aromatic rings. The lowest BCUT2D eigenvalue weighted by atomic mass is 9.93. The highest BCUT2D eigenvalue weighted by Gasteiger charge is 2.18. The van der Waals surface area contributed by atoms with Gasteiger partial charge in [0, 0.05) is 32.5 Å². The summed E-state index contributed by atoms with van der Waals surface area (Å²) in [6.07, 6.45) is 0. The number of carboxylic acid groups (broad SMARTS) is 1. The normalized spacial score (nSPS) is 10.6. The molecule has 0 aliphatic heterocycles. The first-order chi connectivity index (χ1) is 31.1. The van der Waals surface area contributed by atoms with Gasteiger partial charge < -0.3 is 30.8 Å². The molecular formula is C54H44Cl2N2O6. The Hall–Kier alpha value is -7.52. The molecule has 0 aliphatic rings. The summed E-state index contributed by atoms with van der Waals surface area (Å²) in [6, 6.07) is 56.6. The summed E-state index contributed by atoms with van der Waals surface area (Å²) in [5.74, 6) is -0.0351. The van der Waals surface area contributed by atoms with Crippen LogP contribution in [0, 0.1) is 0 Å². The van der Waals surface area contributed by atoms with Gasteiger partial charge in [0.2, 0.25) is 0 Å². The minimum atomic E-state index is -1.03. The second-order valence-electron chi connectivity index (χ2n) is 14.6. The van der Waals surface area contributed by atoms with Crippen molar-refractivity contribution in [2.24, 2.45) is 0 Å². The molecule has 64 heavy (non-hydrogen) atoms. The lowest BCUT2D eigenvalue weighted by molar-refractivity contribution is 0.0526. The van der Waals surface area contributed by atoms with Crippen molar-refractivity contribution in [3.05, 3.63) is 214 Å². The predicted molar refractivity (Wildman–Crippen MR) is 258 cm³/mol. The summed E-state index contributed by atoms with van der Waals surface area (Å²) in [7, 11) is 0. The van der Waals surface area contributed by atoms with Gasteiger partial charge in [0.05, 0.1) is 17.7 Å². The molecule has 0 spiro atoms. The molecule has 8 nitrogen and oxygen atoms in total. The van der Waals surface area contributed by atoms with Crippen LogP contribution in [0.15, 0.2) is 182 Å². The van der Waals surface area contributed by atoms with Crippen molar-refractivity contribution >= 4 is 46.5 Å². The average Bonchev–Trinajstić information content (AvgIpc) is 3.31. The first-order valence-corrected chi connectivity index (χ1v) is 21.2. The average molecular weight is 888 g/mol. The quantitative estimate of drug-likeness (QED) is 0.0770. The number of carbonyl (C=O) groups is 2. The smallest absolute Gasteiger partial charge is 0.338 e. The molecule has 0 unspecified atom stereocenters. The lowest BCUT2D eigenvalue weighted by Gasteiger charge is -2.16. The summed E-state index contributed by atoms with van der Waals surface area (Å²) in [4.78, 5) is 23.9. The van der Waals surface area contributed by atoms with E-state index in [0.717, 1.165) is 50.1 Å². The Morgan fingerprint density at radius 3 is 1.33 bits per heavy atom. The largest absolute Gasteiger partial charge is 0.488 e. The van der Waals surface area contributed by atoms with Gasteiger partial charge in [-0.15, -0.1) is 0 Å². The number of aromatic carboxylic acids is 1. The van der Waals surface area contributed by atoms with Crippen LogP contribution >= 0.6 is 23.2 Å². The van der Waals surface area contributed by atoms with E-state index < -0.39 is 11.9 Å². The number of nitrogen functional groups attached to an aromatic ring is 2. The minimum Gasteiger partial charge on any atom is -0.488 e. The topological polar surface area (TPSA) is 134 Å². The van der Waals surface area contributed by atoms with Crippen LogP contribution in [0.1, 0.15) is 38.8 Å². The molecule has 0 aromatic heterocycles. The van der Waals surface area contributed by atoms with Crippen LogP contribution < -0.4 is 20.9 Å². The number of carboxylic acids is 1. The molecule has 0 amide bonds. The summed E-state index contributed by atoms with van der Waals surface area (Å²) in [5.41, 5.74) is 22.4. The summed E-state index contributed by atoms with van der Waals surface area (Å²) in [6.45, 7) is 2.92. The molecule has 0 heterocycles. The maximum Gasteiger partial charge on any atom is 0.338 e. The highest BCUT2D eigenvalue weighted by molar-refractivity contribution is 6.31. The molecule has 0 saturated carbocycles. The van der Waals surface area contributed by atoms with E-state index in [1.54, 1.807) is 37.3 Å².